The van der Waals surface area contributed by atoms with Crippen LogP contribution in [0.25, 0.3) is 11.0 Å². The number of piperazine rings is 1. The second-order valence-electron chi connectivity index (χ2n) is 9.15. The Bertz CT molecular complexity index is 949. The van der Waals surface area contributed by atoms with Gasteiger partial charge in [0.1, 0.15) is 5.60 Å². The predicted octanol–water partition coefficient (Wildman–Crippen LogP) is 2.86. The van der Waals surface area contributed by atoms with Crippen LogP contribution in [0.4, 0.5) is 10.6 Å². The molecule has 1 saturated heterocycles. The molecule has 170 valence electrons. The second kappa shape index (κ2) is 9.13. The highest BCUT2D eigenvalue weighted by Gasteiger charge is 2.31. The van der Waals surface area contributed by atoms with E-state index in [4.69, 9.17) is 15.0 Å². The summed E-state index contributed by atoms with van der Waals surface area (Å²) in [5.74, 6) is 0.260. The molecule has 1 aliphatic heterocycles. The van der Waals surface area contributed by atoms with Gasteiger partial charge in [0.25, 0.3) is 0 Å². The van der Waals surface area contributed by atoms with E-state index in [0.717, 1.165) is 30.6 Å². The number of hydrogen-bond donors (Lipinski definition) is 2. The molecular weight excluding hydrogens is 398 g/mol. The topological polar surface area (TPSA) is 114 Å². The first-order chi connectivity index (χ1) is 14.5. The average Bonchev–Trinajstić information content (AvgIpc) is 3.06. The largest absolute Gasteiger partial charge is 0.444 e. The summed E-state index contributed by atoms with van der Waals surface area (Å²) < 4.78 is 11.0. The molecule has 9 heteroatoms. The highest BCUT2D eigenvalue weighted by molar-refractivity contribution is 5.92. The zero-order chi connectivity index (χ0) is 22.8. The number of ether oxygens (including phenoxy) is 1. The summed E-state index contributed by atoms with van der Waals surface area (Å²) in [6, 6.07) is 4.04. The Labute approximate surface area is 182 Å². The van der Waals surface area contributed by atoms with Gasteiger partial charge in [-0.3, -0.25) is 9.69 Å². The van der Waals surface area contributed by atoms with Crippen molar-refractivity contribution in [1.29, 1.82) is 0 Å². The van der Waals surface area contributed by atoms with Crippen LogP contribution in [0.15, 0.2) is 16.7 Å². The number of nitrogens with two attached hydrogens (primary N) is 1. The van der Waals surface area contributed by atoms with E-state index in [9.17, 15) is 9.59 Å². The minimum Gasteiger partial charge on any atom is -0.444 e. The molecule has 0 spiro atoms. The third kappa shape index (κ3) is 5.66. The first kappa shape index (κ1) is 22.9. The summed E-state index contributed by atoms with van der Waals surface area (Å²) in [7, 11) is 0. The molecule has 2 amide bonds. The van der Waals surface area contributed by atoms with E-state index in [2.05, 4.69) is 28.4 Å². The maximum Gasteiger partial charge on any atom is 0.410 e. The number of aromatic nitrogens is 1. The number of anilines is 1. The van der Waals surface area contributed by atoms with Crippen molar-refractivity contribution in [2.75, 3.05) is 31.5 Å². The van der Waals surface area contributed by atoms with Gasteiger partial charge >= 0.3 is 6.09 Å². The number of primary amides is 1. The quantitative estimate of drug-likeness (QED) is 0.723. The Morgan fingerprint density at radius 3 is 2.71 bits per heavy atom. The van der Waals surface area contributed by atoms with Gasteiger partial charge in [0.05, 0.1) is 5.39 Å². The van der Waals surface area contributed by atoms with Crippen molar-refractivity contribution in [1.82, 2.24) is 15.0 Å². The van der Waals surface area contributed by atoms with Crippen LogP contribution in [-0.2, 0) is 16.1 Å². The number of nitrogens with zero attached hydrogens (tertiary/aromatic N) is 3. The predicted molar refractivity (Wildman–Crippen MR) is 119 cm³/mol. The molecule has 1 atom stereocenters. The number of rotatable bonds is 6. The lowest BCUT2D eigenvalue weighted by atomic mass is 10.0. The number of carbonyl (C=O) groups is 2. The number of carbonyl (C=O) groups excluding carboxylic acids is 2. The molecule has 0 aliphatic carbocycles. The summed E-state index contributed by atoms with van der Waals surface area (Å²) in [5.41, 5.74) is 7.67. The first-order valence-electron chi connectivity index (χ1n) is 10.7. The summed E-state index contributed by atoms with van der Waals surface area (Å²) in [6.45, 7) is 13.1. The Hall–Kier alpha value is -2.81. The zero-order valence-electron chi connectivity index (χ0n) is 19.0. The molecule has 2 heterocycles. The summed E-state index contributed by atoms with van der Waals surface area (Å²) >= 11 is 0. The van der Waals surface area contributed by atoms with Gasteiger partial charge in [-0.2, -0.15) is 0 Å². The van der Waals surface area contributed by atoms with E-state index in [1.165, 1.54) is 5.56 Å². The summed E-state index contributed by atoms with van der Waals surface area (Å²) in [6.07, 6.45) is -0.0270. The van der Waals surface area contributed by atoms with E-state index < -0.39 is 5.60 Å². The molecule has 31 heavy (non-hydrogen) atoms. The fourth-order valence-electron chi connectivity index (χ4n) is 3.85. The van der Waals surface area contributed by atoms with Crippen LogP contribution in [-0.4, -0.2) is 64.8 Å². The van der Waals surface area contributed by atoms with Crippen molar-refractivity contribution in [3.63, 3.8) is 0 Å². The average molecular weight is 432 g/mol. The molecule has 1 aromatic carbocycles. The van der Waals surface area contributed by atoms with Crippen LogP contribution in [0.5, 0.6) is 0 Å². The van der Waals surface area contributed by atoms with Crippen molar-refractivity contribution < 1.29 is 18.8 Å². The van der Waals surface area contributed by atoms with E-state index in [1.54, 1.807) is 4.90 Å². The molecule has 2 aromatic rings. The Morgan fingerprint density at radius 2 is 2.06 bits per heavy atom. The van der Waals surface area contributed by atoms with E-state index in [0.29, 0.717) is 24.5 Å². The van der Waals surface area contributed by atoms with Gasteiger partial charge in [0.15, 0.2) is 11.4 Å². The van der Waals surface area contributed by atoms with Crippen molar-refractivity contribution in [3.8, 4) is 0 Å². The standard InChI is InChI=1S/C22H33N5O4/c1-14-12-26(10-11-27(14)21(29)30-22(3,4)5)13-16-6-7-17-19(15(16)2)20(25-31-17)24-9-8-18(23)28/h6-7,14H,8-13H2,1-5H3,(H2,23,28)(H,24,25)/t14-/m0/s1. The highest BCUT2D eigenvalue weighted by atomic mass is 16.6. The molecular formula is C22H33N5O4. The Kier molecular flexibility index (Phi) is 6.74. The van der Waals surface area contributed by atoms with Crippen molar-refractivity contribution in [2.24, 2.45) is 5.73 Å². The number of nitrogens with one attached hydrogen (secondary N) is 1. The molecule has 1 aliphatic rings. The fraction of sp³-hybridized carbons (Fsp3) is 0.591. The zero-order valence-corrected chi connectivity index (χ0v) is 19.0. The third-order valence-electron chi connectivity index (χ3n) is 5.41. The van der Waals surface area contributed by atoms with Gasteiger partial charge in [-0.05, 0) is 51.8 Å². The number of benzene rings is 1. The summed E-state index contributed by atoms with van der Waals surface area (Å²) in [5, 5.41) is 8.16. The molecule has 3 N–H and O–H groups in total. The van der Waals surface area contributed by atoms with Gasteiger partial charge in [-0.1, -0.05) is 11.2 Å². The van der Waals surface area contributed by atoms with Crippen LogP contribution in [0, 0.1) is 6.92 Å². The van der Waals surface area contributed by atoms with Crippen molar-refractivity contribution in [2.45, 2.75) is 59.2 Å². The van der Waals surface area contributed by atoms with Crippen molar-refractivity contribution >= 4 is 28.8 Å². The number of aryl methyl sites for hydroxylation is 1. The number of fused-ring (bicyclic) bond motifs is 1. The normalized spacial score (nSPS) is 17.7. The van der Waals surface area contributed by atoms with Crippen LogP contribution in [0.1, 0.15) is 45.2 Å². The molecule has 1 aromatic heterocycles. The third-order valence-corrected chi connectivity index (χ3v) is 5.41. The fourth-order valence-corrected chi connectivity index (χ4v) is 3.85. The van der Waals surface area contributed by atoms with E-state index in [-0.39, 0.29) is 24.5 Å². The van der Waals surface area contributed by atoms with Crippen LogP contribution in [0.2, 0.25) is 0 Å². The second-order valence-corrected chi connectivity index (χ2v) is 9.15. The van der Waals surface area contributed by atoms with Gasteiger partial charge in [-0.25, -0.2) is 4.79 Å². The van der Waals surface area contributed by atoms with Gasteiger partial charge in [0, 0.05) is 45.2 Å². The van der Waals surface area contributed by atoms with E-state index >= 15 is 0 Å². The monoisotopic (exact) mass is 431 g/mol. The van der Waals surface area contributed by atoms with Crippen LogP contribution >= 0.6 is 0 Å². The Morgan fingerprint density at radius 1 is 1.32 bits per heavy atom. The summed E-state index contributed by atoms with van der Waals surface area (Å²) in [4.78, 5) is 27.6. The molecule has 3 rings (SSSR count). The first-order valence-corrected chi connectivity index (χ1v) is 10.7. The van der Waals surface area contributed by atoms with Crippen LogP contribution < -0.4 is 11.1 Å². The minimum absolute atomic E-state index is 0.0641. The van der Waals surface area contributed by atoms with Gasteiger partial charge in [0.2, 0.25) is 5.91 Å². The lowest BCUT2D eigenvalue weighted by molar-refractivity contribution is -0.117. The Balaban J connectivity index is 1.67. The maximum atomic E-state index is 12.5. The molecule has 0 saturated carbocycles. The smallest absolute Gasteiger partial charge is 0.410 e. The lowest BCUT2D eigenvalue weighted by Crippen LogP contribution is -2.54. The molecule has 9 nitrogen and oxygen atoms in total. The van der Waals surface area contributed by atoms with Gasteiger partial charge in [-0.15, -0.1) is 0 Å². The van der Waals surface area contributed by atoms with Crippen molar-refractivity contribution in [3.05, 3.63) is 23.3 Å². The lowest BCUT2D eigenvalue weighted by Gasteiger charge is -2.40. The number of amides is 2. The van der Waals surface area contributed by atoms with Gasteiger partial charge < -0.3 is 25.2 Å². The molecule has 1 fully saturated rings. The maximum absolute atomic E-state index is 12.5. The van der Waals surface area contributed by atoms with E-state index in [1.807, 2.05) is 33.8 Å². The molecule has 0 unspecified atom stereocenters. The van der Waals surface area contributed by atoms with Crippen LogP contribution in [0.3, 0.4) is 0 Å². The SMILES string of the molecule is Cc1c(CN2CCN(C(=O)OC(C)(C)C)[C@@H](C)C2)ccc2onc(NCCC(N)=O)c12. The highest BCUT2D eigenvalue weighted by Crippen LogP contribution is 2.30. The molecule has 0 radical (unpaired) electrons. The number of hydrogen-bond acceptors (Lipinski definition) is 7. The minimum atomic E-state index is -0.498. The molecule has 0 bridgehead atoms.